The monoisotopic (exact) mass is 459 g/mol. The van der Waals surface area contributed by atoms with Gasteiger partial charge in [0.15, 0.2) is 0 Å². The molecule has 1 aliphatic rings. The van der Waals surface area contributed by atoms with Crippen molar-refractivity contribution in [1.82, 2.24) is 4.90 Å². The molecule has 1 aliphatic heterocycles. The van der Waals surface area contributed by atoms with E-state index in [0.29, 0.717) is 37.4 Å². The van der Waals surface area contributed by atoms with E-state index in [2.05, 4.69) is 36.9 Å². The lowest BCUT2D eigenvalue weighted by atomic mass is 10.1. The van der Waals surface area contributed by atoms with Crippen molar-refractivity contribution in [1.29, 1.82) is 0 Å². The van der Waals surface area contributed by atoms with E-state index in [1.165, 1.54) is 34.5 Å². The van der Waals surface area contributed by atoms with Gasteiger partial charge in [-0.15, -0.1) is 0 Å². The fourth-order valence-electron chi connectivity index (χ4n) is 4.11. The fraction of sp³-hybridized carbons (Fsp3) is 0.458. The van der Waals surface area contributed by atoms with Crippen molar-refractivity contribution in [3.05, 3.63) is 53.6 Å². The number of hydrogen-bond acceptors (Lipinski definition) is 5. The lowest BCUT2D eigenvalue weighted by Gasteiger charge is -2.37. The first-order valence-corrected chi connectivity index (χ1v) is 12.8. The Labute approximate surface area is 191 Å². The summed E-state index contributed by atoms with van der Waals surface area (Å²) in [6.07, 6.45) is 1.93. The Morgan fingerprint density at radius 1 is 1.03 bits per heavy atom. The molecule has 8 heteroatoms. The fourth-order valence-corrected chi connectivity index (χ4v) is 5.08. The van der Waals surface area contributed by atoms with Gasteiger partial charge in [-0.25, -0.2) is 8.42 Å². The highest BCUT2D eigenvalue weighted by Crippen LogP contribution is 2.30. The van der Waals surface area contributed by atoms with Crippen LogP contribution in [-0.4, -0.2) is 65.3 Å². The molecule has 3 rings (SSSR count). The molecule has 1 heterocycles. The molecule has 7 nitrogen and oxygen atoms in total. The second kappa shape index (κ2) is 10.3. The van der Waals surface area contributed by atoms with E-state index in [1.54, 1.807) is 24.3 Å². The molecule has 0 atom stereocenters. The zero-order chi connectivity index (χ0) is 23.3. The van der Waals surface area contributed by atoms with Crippen molar-refractivity contribution in [3.8, 4) is 5.75 Å². The molecule has 1 fully saturated rings. The lowest BCUT2D eigenvalue weighted by molar-refractivity contribution is -0.131. The number of benzene rings is 2. The maximum absolute atomic E-state index is 12.8. The molecule has 0 unspecified atom stereocenters. The van der Waals surface area contributed by atoms with E-state index in [9.17, 15) is 13.2 Å². The molecule has 2 aromatic rings. The number of carbonyl (C=O) groups excluding carboxylic acids is 1. The standard InChI is InChI=1S/C24H33N3O4S/c1-19-9-7-11-21(20(19)2)25-15-17-26(18-16-25)24(28)13-8-14-27(32(4,29)30)22-10-5-6-12-23(22)31-3/h5-7,9-12H,8,13-18H2,1-4H3. The third-order valence-corrected chi connectivity index (χ3v) is 7.24. The number of amides is 1. The lowest BCUT2D eigenvalue weighted by Crippen LogP contribution is -2.49. The number of ether oxygens (including phenoxy) is 1. The van der Waals surface area contributed by atoms with Crippen LogP contribution in [0.3, 0.4) is 0 Å². The van der Waals surface area contributed by atoms with Crippen LogP contribution >= 0.6 is 0 Å². The highest BCUT2D eigenvalue weighted by atomic mass is 32.2. The summed E-state index contributed by atoms with van der Waals surface area (Å²) in [5, 5.41) is 0. The number of aryl methyl sites for hydroxylation is 1. The van der Waals surface area contributed by atoms with Crippen molar-refractivity contribution in [2.24, 2.45) is 0 Å². The predicted molar refractivity (Wildman–Crippen MR) is 129 cm³/mol. The van der Waals surface area contributed by atoms with Crippen molar-refractivity contribution < 1.29 is 17.9 Å². The molecule has 174 valence electrons. The first-order valence-electron chi connectivity index (χ1n) is 10.9. The Hall–Kier alpha value is -2.74. The number of para-hydroxylation sites is 2. The molecule has 0 radical (unpaired) electrons. The third-order valence-electron chi connectivity index (χ3n) is 6.06. The molecule has 0 spiro atoms. The highest BCUT2D eigenvalue weighted by Gasteiger charge is 2.24. The normalized spacial score (nSPS) is 14.4. The Balaban J connectivity index is 1.56. The summed E-state index contributed by atoms with van der Waals surface area (Å²) in [6.45, 7) is 7.43. The molecule has 2 aromatic carbocycles. The van der Waals surface area contributed by atoms with Gasteiger partial charge >= 0.3 is 0 Å². The van der Waals surface area contributed by atoms with Gasteiger partial charge in [-0.1, -0.05) is 24.3 Å². The van der Waals surface area contributed by atoms with Crippen LogP contribution in [0.15, 0.2) is 42.5 Å². The maximum atomic E-state index is 12.8. The second-order valence-corrected chi connectivity index (χ2v) is 10.1. The Morgan fingerprint density at radius 2 is 1.72 bits per heavy atom. The number of rotatable bonds is 8. The van der Waals surface area contributed by atoms with Crippen LogP contribution in [0.2, 0.25) is 0 Å². The van der Waals surface area contributed by atoms with Crippen molar-refractivity contribution >= 4 is 27.3 Å². The predicted octanol–water partition coefficient (Wildman–Crippen LogP) is 3.21. The summed E-state index contributed by atoms with van der Waals surface area (Å²) in [7, 11) is -1.98. The van der Waals surface area contributed by atoms with Gasteiger partial charge in [0.25, 0.3) is 0 Å². The van der Waals surface area contributed by atoms with Gasteiger partial charge in [0, 0.05) is 44.8 Å². The average Bonchev–Trinajstić information content (AvgIpc) is 2.78. The zero-order valence-electron chi connectivity index (χ0n) is 19.4. The highest BCUT2D eigenvalue weighted by molar-refractivity contribution is 7.92. The molecular weight excluding hydrogens is 426 g/mol. The topological polar surface area (TPSA) is 70.2 Å². The van der Waals surface area contributed by atoms with E-state index >= 15 is 0 Å². The van der Waals surface area contributed by atoms with E-state index < -0.39 is 10.0 Å². The minimum Gasteiger partial charge on any atom is -0.495 e. The Bertz CT molecular complexity index is 1050. The molecule has 1 saturated heterocycles. The minimum atomic E-state index is -3.50. The summed E-state index contributed by atoms with van der Waals surface area (Å²) in [5.41, 5.74) is 4.28. The van der Waals surface area contributed by atoms with Gasteiger partial charge in [0.2, 0.25) is 15.9 Å². The summed E-state index contributed by atoms with van der Waals surface area (Å²) in [6, 6.07) is 13.3. The molecule has 0 aliphatic carbocycles. The van der Waals surface area contributed by atoms with Gasteiger partial charge in [0.1, 0.15) is 5.75 Å². The van der Waals surface area contributed by atoms with E-state index in [4.69, 9.17) is 4.74 Å². The molecule has 1 amide bonds. The smallest absolute Gasteiger partial charge is 0.232 e. The molecule has 32 heavy (non-hydrogen) atoms. The first-order chi connectivity index (χ1) is 15.2. The summed E-state index contributed by atoms with van der Waals surface area (Å²) in [4.78, 5) is 17.0. The maximum Gasteiger partial charge on any atom is 0.232 e. The van der Waals surface area contributed by atoms with Gasteiger partial charge in [-0.05, 0) is 49.6 Å². The summed E-state index contributed by atoms with van der Waals surface area (Å²) in [5.74, 6) is 0.561. The van der Waals surface area contributed by atoms with Gasteiger partial charge in [0.05, 0.1) is 19.1 Å². The largest absolute Gasteiger partial charge is 0.495 e. The molecule has 0 bridgehead atoms. The number of piperazine rings is 1. The number of carbonyl (C=O) groups is 1. The van der Waals surface area contributed by atoms with E-state index in [0.717, 1.165) is 13.1 Å². The van der Waals surface area contributed by atoms with Crippen molar-refractivity contribution in [2.75, 3.05) is 55.3 Å². The van der Waals surface area contributed by atoms with Crippen LogP contribution in [0.4, 0.5) is 11.4 Å². The summed E-state index contributed by atoms with van der Waals surface area (Å²) < 4.78 is 31.4. The summed E-state index contributed by atoms with van der Waals surface area (Å²) >= 11 is 0. The van der Waals surface area contributed by atoms with E-state index in [-0.39, 0.29) is 12.5 Å². The quantitative estimate of drug-likeness (QED) is 0.606. The van der Waals surface area contributed by atoms with Gasteiger partial charge < -0.3 is 14.5 Å². The van der Waals surface area contributed by atoms with Crippen LogP contribution in [0, 0.1) is 13.8 Å². The molecule has 0 saturated carbocycles. The molecular formula is C24H33N3O4S. The number of methoxy groups -OCH3 is 1. The number of nitrogens with zero attached hydrogens (tertiary/aromatic N) is 3. The van der Waals surface area contributed by atoms with Crippen molar-refractivity contribution in [2.45, 2.75) is 26.7 Å². The van der Waals surface area contributed by atoms with Crippen LogP contribution in [0.1, 0.15) is 24.0 Å². The van der Waals surface area contributed by atoms with Crippen LogP contribution < -0.4 is 13.9 Å². The third kappa shape index (κ3) is 5.54. The van der Waals surface area contributed by atoms with Crippen LogP contribution in [0.25, 0.3) is 0 Å². The number of anilines is 2. The van der Waals surface area contributed by atoms with Gasteiger partial charge in [-0.2, -0.15) is 0 Å². The molecule has 0 N–H and O–H groups in total. The van der Waals surface area contributed by atoms with E-state index in [1.807, 2.05) is 4.90 Å². The molecule has 0 aromatic heterocycles. The average molecular weight is 460 g/mol. The van der Waals surface area contributed by atoms with Gasteiger partial charge in [-0.3, -0.25) is 9.10 Å². The SMILES string of the molecule is COc1ccccc1N(CCCC(=O)N1CCN(c2cccc(C)c2C)CC1)S(C)(=O)=O. The van der Waals surface area contributed by atoms with Crippen LogP contribution in [0.5, 0.6) is 5.75 Å². The minimum absolute atomic E-state index is 0.0686. The second-order valence-electron chi connectivity index (χ2n) is 8.20. The first kappa shape index (κ1) is 23.9. The zero-order valence-corrected chi connectivity index (χ0v) is 20.2. The Morgan fingerprint density at radius 3 is 2.38 bits per heavy atom. The number of sulfonamides is 1. The Kier molecular flexibility index (Phi) is 7.66. The van der Waals surface area contributed by atoms with Crippen LogP contribution in [-0.2, 0) is 14.8 Å². The number of hydrogen-bond donors (Lipinski definition) is 0. The van der Waals surface area contributed by atoms with Crippen molar-refractivity contribution in [3.63, 3.8) is 0 Å².